The lowest BCUT2D eigenvalue weighted by Crippen LogP contribution is -2.33. The summed E-state index contributed by atoms with van der Waals surface area (Å²) in [6, 6.07) is 19.9. The Balaban J connectivity index is 1.99. The van der Waals surface area contributed by atoms with Crippen LogP contribution in [-0.4, -0.2) is 11.6 Å². The Labute approximate surface area is 132 Å². The maximum Gasteiger partial charge on any atom is 0.106 e. The first-order chi connectivity index (χ1) is 10.8. The summed E-state index contributed by atoms with van der Waals surface area (Å²) in [5, 5.41) is 1.34. The summed E-state index contributed by atoms with van der Waals surface area (Å²) in [6.45, 7) is 2.27. The molecule has 3 aromatic rings. The van der Waals surface area contributed by atoms with Crippen LogP contribution < -0.4 is 4.90 Å². The van der Waals surface area contributed by atoms with Crippen LogP contribution >= 0.6 is 0 Å². The Morgan fingerprint density at radius 1 is 1.00 bits per heavy atom. The minimum absolute atomic E-state index is 0.407. The molecule has 0 amide bonds. The van der Waals surface area contributed by atoms with Crippen molar-refractivity contribution in [1.29, 1.82) is 0 Å². The summed E-state index contributed by atoms with van der Waals surface area (Å²) in [6.07, 6.45) is 4.08. The van der Waals surface area contributed by atoms with Gasteiger partial charge >= 0.3 is 0 Å². The predicted molar refractivity (Wildman–Crippen MR) is 94.3 cm³/mol. The Morgan fingerprint density at radius 2 is 1.77 bits per heavy atom. The van der Waals surface area contributed by atoms with Crippen LogP contribution in [-0.2, 0) is 0 Å². The van der Waals surface area contributed by atoms with Gasteiger partial charge in [-0.3, -0.25) is 0 Å². The molecule has 1 aliphatic rings. The highest BCUT2D eigenvalue weighted by molar-refractivity contribution is 5.91. The van der Waals surface area contributed by atoms with Gasteiger partial charge in [0.15, 0.2) is 0 Å². The maximum atomic E-state index is 2.54. The second kappa shape index (κ2) is 5.20. The average Bonchev–Trinajstić information content (AvgIpc) is 2.95. The SMILES string of the molecule is CCCCC1N(C)c2ccccc2-c2cc3ccccc3n21. The lowest BCUT2D eigenvalue weighted by atomic mass is 10.0. The molecule has 0 radical (unpaired) electrons. The van der Waals surface area contributed by atoms with Crippen LogP contribution in [0, 0.1) is 0 Å². The Hall–Kier alpha value is -2.22. The lowest BCUT2D eigenvalue weighted by Gasteiger charge is -2.38. The number of benzene rings is 2. The van der Waals surface area contributed by atoms with E-state index in [4.69, 9.17) is 0 Å². The molecule has 0 saturated carbocycles. The smallest absolute Gasteiger partial charge is 0.106 e. The molecule has 2 heterocycles. The zero-order valence-corrected chi connectivity index (χ0v) is 13.3. The third-order valence-electron chi connectivity index (χ3n) is 4.87. The first-order valence-corrected chi connectivity index (χ1v) is 8.23. The Bertz CT molecular complexity index is 815. The number of fused-ring (bicyclic) bond motifs is 5. The summed E-state index contributed by atoms with van der Waals surface area (Å²) in [4.78, 5) is 2.45. The molecule has 1 aliphatic heterocycles. The van der Waals surface area contributed by atoms with E-state index in [2.05, 4.69) is 78.0 Å². The van der Waals surface area contributed by atoms with E-state index in [9.17, 15) is 0 Å². The van der Waals surface area contributed by atoms with Crippen molar-refractivity contribution >= 4 is 16.6 Å². The molecule has 0 saturated heterocycles. The van der Waals surface area contributed by atoms with E-state index < -0.39 is 0 Å². The van der Waals surface area contributed by atoms with Gasteiger partial charge in [-0.2, -0.15) is 0 Å². The van der Waals surface area contributed by atoms with Gasteiger partial charge in [0.05, 0.1) is 11.2 Å². The van der Waals surface area contributed by atoms with E-state index in [1.54, 1.807) is 0 Å². The third kappa shape index (κ3) is 1.87. The van der Waals surface area contributed by atoms with E-state index in [1.165, 1.54) is 47.1 Å². The van der Waals surface area contributed by atoms with E-state index in [-0.39, 0.29) is 0 Å². The first kappa shape index (κ1) is 13.4. The highest BCUT2D eigenvalue weighted by atomic mass is 15.3. The van der Waals surface area contributed by atoms with Gasteiger partial charge in [0.1, 0.15) is 6.17 Å². The molecule has 1 aromatic heterocycles. The topological polar surface area (TPSA) is 8.17 Å². The minimum Gasteiger partial charge on any atom is -0.353 e. The molecule has 0 spiro atoms. The molecule has 0 fully saturated rings. The van der Waals surface area contributed by atoms with Crippen molar-refractivity contribution in [3.05, 3.63) is 54.6 Å². The molecule has 22 heavy (non-hydrogen) atoms. The molecule has 0 aliphatic carbocycles. The van der Waals surface area contributed by atoms with Gasteiger partial charge in [-0.05, 0) is 31.0 Å². The first-order valence-electron chi connectivity index (χ1n) is 8.23. The van der Waals surface area contributed by atoms with Crippen molar-refractivity contribution in [2.24, 2.45) is 0 Å². The van der Waals surface area contributed by atoms with Crippen molar-refractivity contribution in [2.45, 2.75) is 32.4 Å². The molecule has 4 rings (SSSR count). The van der Waals surface area contributed by atoms with E-state index >= 15 is 0 Å². The van der Waals surface area contributed by atoms with Crippen molar-refractivity contribution in [3.63, 3.8) is 0 Å². The highest BCUT2D eigenvalue weighted by Crippen LogP contribution is 2.44. The number of hydrogen-bond donors (Lipinski definition) is 0. The number of anilines is 1. The summed E-state index contributed by atoms with van der Waals surface area (Å²) in [7, 11) is 2.23. The zero-order chi connectivity index (χ0) is 15.1. The molecule has 2 heteroatoms. The zero-order valence-electron chi connectivity index (χ0n) is 13.3. The second-order valence-corrected chi connectivity index (χ2v) is 6.21. The number of nitrogens with zero attached hydrogens (tertiary/aromatic N) is 2. The fourth-order valence-corrected chi connectivity index (χ4v) is 3.75. The molecule has 2 aromatic carbocycles. The lowest BCUT2D eigenvalue weighted by molar-refractivity contribution is 0.451. The van der Waals surface area contributed by atoms with Crippen LogP contribution in [0.3, 0.4) is 0 Å². The number of aromatic nitrogens is 1. The second-order valence-electron chi connectivity index (χ2n) is 6.21. The van der Waals surface area contributed by atoms with E-state index in [0.29, 0.717) is 6.17 Å². The maximum absolute atomic E-state index is 2.54. The third-order valence-corrected chi connectivity index (χ3v) is 4.87. The fourth-order valence-electron chi connectivity index (χ4n) is 3.75. The molecular weight excluding hydrogens is 268 g/mol. The molecule has 0 N–H and O–H groups in total. The number of hydrogen-bond acceptors (Lipinski definition) is 1. The Kier molecular flexibility index (Phi) is 3.18. The number of rotatable bonds is 3. The molecule has 1 unspecified atom stereocenters. The van der Waals surface area contributed by atoms with E-state index in [0.717, 1.165) is 0 Å². The Morgan fingerprint density at radius 3 is 2.64 bits per heavy atom. The molecule has 2 nitrogen and oxygen atoms in total. The fraction of sp³-hybridized carbons (Fsp3) is 0.300. The number of unbranched alkanes of at least 4 members (excludes halogenated alkanes) is 1. The van der Waals surface area contributed by atoms with Gasteiger partial charge in [0.2, 0.25) is 0 Å². The summed E-state index contributed by atoms with van der Waals surface area (Å²) in [5.41, 5.74) is 5.39. The van der Waals surface area contributed by atoms with Gasteiger partial charge in [-0.1, -0.05) is 49.7 Å². The van der Waals surface area contributed by atoms with Crippen LogP contribution in [0.1, 0.15) is 32.4 Å². The van der Waals surface area contributed by atoms with Crippen LogP contribution in [0.25, 0.3) is 22.2 Å². The quantitative estimate of drug-likeness (QED) is 0.623. The van der Waals surface area contributed by atoms with Gasteiger partial charge in [0, 0.05) is 23.7 Å². The predicted octanol–water partition coefficient (Wildman–Crippen LogP) is 5.45. The van der Waals surface area contributed by atoms with Crippen LogP contribution in [0.4, 0.5) is 5.69 Å². The number of para-hydroxylation sites is 2. The van der Waals surface area contributed by atoms with Gasteiger partial charge < -0.3 is 9.47 Å². The highest BCUT2D eigenvalue weighted by Gasteiger charge is 2.29. The summed E-state index contributed by atoms with van der Waals surface area (Å²) >= 11 is 0. The van der Waals surface area contributed by atoms with Crippen LogP contribution in [0.15, 0.2) is 54.6 Å². The average molecular weight is 290 g/mol. The monoisotopic (exact) mass is 290 g/mol. The minimum atomic E-state index is 0.407. The largest absolute Gasteiger partial charge is 0.353 e. The van der Waals surface area contributed by atoms with Crippen molar-refractivity contribution in [3.8, 4) is 11.3 Å². The molecule has 1 atom stereocenters. The van der Waals surface area contributed by atoms with Crippen molar-refractivity contribution < 1.29 is 0 Å². The van der Waals surface area contributed by atoms with Crippen molar-refractivity contribution in [2.75, 3.05) is 11.9 Å². The molecule has 0 bridgehead atoms. The van der Waals surface area contributed by atoms with Gasteiger partial charge in [0.25, 0.3) is 0 Å². The summed E-state index contributed by atoms with van der Waals surface area (Å²) in [5.74, 6) is 0. The van der Waals surface area contributed by atoms with Crippen LogP contribution in [0.5, 0.6) is 0 Å². The van der Waals surface area contributed by atoms with Gasteiger partial charge in [-0.15, -0.1) is 0 Å². The molecular formula is C20H22N2. The van der Waals surface area contributed by atoms with E-state index in [1.807, 2.05) is 0 Å². The van der Waals surface area contributed by atoms with Gasteiger partial charge in [-0.25, -0.2) is 0 Å². The van der Waals surface area contributed by atoms with Crippen molar-refractivity contribution in [1.82, 2.24) is 4.57 Å². The normalized spacial score (nSPS) is 16.6. The molecule has 112 valence electrons. The van der Waals surface area contributed by atoms with Crippen LogP contribution in [0.2, 0.25) is 0 Å². The summed E-state index contributed by atoms with van der Waals surface area (Å²) < 4.78 is 2.54. The standard InChI is InChI=1S/C20H22N2/c1-3-4-13-20-21(2)18-12-8-6-10-16(18)19-14-15-9-5-7-11-17(15)22(19)20/h5-12,14,20H,3-4,13H2,1-2H3.